The molecular formula is C16H17ClN2O. The molecule has 0 heterocycles. The van der Waals surface area contributed by atoms with Crippen molar-refractivity contribution >= 4 is 23.2 Å². The molecule has 1 unspecified atom stereocenters. The van der Waals surface area contributed by atoms with Crippen molar-refractivity contribution in [3.05, 3.63) is 64.7 Å². The molecule has 0 saturated heterocycles. The summed E-state index contributed by atoms with van der Waals surface area (Å²) in [6, 6.07) is 14.8. The van der Waals surface area contributed by atoms with Gasteiger partial charge in [0.1, 0.15) is 0 Å². The van der Waals surface area contributed by atoms with Crippen LogP contribution < -0.4 is 11.1 Å². The van der Waals surface area contributed by atoms with Gasteiger partial charge in [-0.25, -0.2) is 0 Å². The van der Waals surface area contributed by atoms with E-state index in [1.54, 1.807) is 6.07 Å². The summed E-state index contributed by atoms with van der Waals surface area (Å²) in [4.78, 5) is 12.0. The van der Waals surface area contributed by atoms with Crippen LogP contribution in [0.1, 0.15) is 24.1 Å². The molecule has 4 heteroatoms. The van der Waals surface area contributed by atoms with Gasteiger partial charge in [-0.05, 0) is 36.2 Å². The third-order valence-electron chi connectivity index (χ3n) is 3.13. The number of nitrogens with one attached hydrogen (secondary N) is 1. The maximum atomic E-state index is 12.0. The first kappa shape index (κ1) is 14.4. The van der Waals surface area contributed by atoms with Gasteiger partial charge in [-0.2, -0.15) is 0 Å². The van der Waals surface area contributed by atoms with Crippen LogP contribution in [0.25, 0.3) is 0 Å². The fourth-order valence-electron chi connectivity index (χ4n) is 2.02. The van der Waals surface area contributed by atoms with Gasteiger partial charge in [-0.3, -0.25) is 4.79 Å². The molecule has 2 aromatic carbocycles. The van der Waals surface area contributed by atoms with Crippen LogP contribution in [-0.2, 0) is 11.2 Å². The summed E-state index contributed by atoms with van der Waals surface area (Å²) in [6.07, 6.45) is 0.275. The van der Waals surface area contributed by atoms with Crippen molar-refractivity contribution in [1.29, 1.82) is 0 Å². The monoisotopic (exact) mass is 288 g/mol. The Morgan fingerprint density at radius 3 is 2.70 bits per heavy atom. The average Bonchev–Trinajstić information content (AvgIpc) is 2.41. The molecule has 104 valence electrons. The van der Waals surface area contributed by atoms with Gasteiger partial charge in [-0.1, -0.05) is 41.9 Å². The van der Waals surface area contributed by atoms with E-state index < -0.39 is 0 Å². The summed E-state index contributed by atoms with van der Waals surface area (Å²) >= 11 is 5.95. The van der Waals surface area contributed by atoms with E-state index in [1.165, 1.54) is 0 Å². The maximum Gasteiger partial charge on any atom is 0.224 e. The summed E-state index contributed by atoms with van der Waals surface area (Å²) < 4.78 is 0. The van der Waals surface area contributed by atoms with Crippen LogP contribution in [0.15, 0.2) is 48.5 Å². The highest BCUT2D eigenvalue weighted by Crippen LogP contribution is 2.18. The SMILES string of the molecule is CC(NC(=O)Cc1ccccc1N)c1cccc(Cl)c1. The minimum absolute atomic E-state index is 0.0598. The molecular weight excluding hydrogens is 272 g/mol. The number of nitrogens with two attached hydrogens (primary N) is 1. The molecule has 0 aliphatic carbocycles. The lowest BCUT2D eigenvalue weighted by Gasteiger charge is -2.15. The van der Waals surface area contributed by atoms with Gasteiger partial charge in [0, 0.05) is 10.7 Å². The summed E-state index contributed by atoms with van der Waals surface area (Å²) in [5, 5.41) is 3.61. The summed E-state index contributed by atoms with van der Waals surface area (Å²) in [5.41, 5.74) is 8.29. The standard InChI is InChI=1S/C16H17ClN2O/c1-11(12-6-4-7-14(17)9-12)19-16(20)10-13-5-2-3-8-15(13)18/h2-9,11H,10,18H2,1H3,(H,19,20). The van der Waals surface area contributed by atoms with Crippen LogP contribution in [0, 0.1) is 0 Å². The van der Waals surface area contributed by atoms with Gasteiger partial charge >= 0.3 is 0 Å². The molecule has 20 heavy (non-hydrogen) atoms. The quantitative estimate of drug-likeness (QED) is 0.848. The Morgan fingerprint density at radius 1 is 1.25 bits per heavy atom. The van der Waals surface area contributed by atoms with Crippen molar-refractivity contribution in [1.82, 2.24) is 5.32 Å². The summed E-state index contributed by atoms with van der Waals surface area (Å²) in [7, 11) is 0. The van der Waals surface area contributed by atoms with E-state index in [-0.39, 0.29) is 18.4 Å². The van der Waals surface area contributed by atoms with Gasteiger partial charge in [0.15, 0.2) is 0 Å². The Labute approximate surface area is 123 Å². The minimum atomic E-state index is -0.0915. The Balaban J connectivity index is 2.00. The number of benzene rings is 2. The Kier molecular flexibility index (Phi) is 4.64. The van der Waals surface area contributed by atoms with Crippen molar-refractivity contribution in [2.24, 2.45) is 0 Å². The van der Waals surface area contributed by atoms with Crippen molar-refractivity contribution in [2.45, 2.75) is 19.4 Å². The molecule has 0 fully saturated rings. The zero-order valence-electron chi connectivity index (χ0n) is 11.3. The molecule has 1 amide bonds. The minimum Gasteiger partial charge on any atom is -0.398 e. The number of carbonyl (C=O) groups is 1. The number of nitrogen functional groups attached to an aromatic ring is 1. The van der Waals surface area contributed by atoms with Crippen molar-refractivity contribution < 1.29 is 4.79 Å². The number of rotatable bonds is 4. The smallest absolute Gasteiger partial charge is 0.224 e. The first-order chi connectivity index (χ1) is 9.56. The van der Waals surface area contributed by atoms with Gasteiger partial charge < -0.3 is 11.1 Å². The number of amides is 1. The number of hydrogen-bond donors (Lipinski definition) is 2. The van der Waals surface area contributed by atoms with E-state index in [9.17, 15) is 4.79 Å². The van der Waals surface area contributed by atoms with E-state index >= 15 is 0 Å². The molecule has 3 nitrogen and oxygen atoms in total. The molecule has 2 aromatic rings. The zero-order valence-corrected chi connectivity index (χ0v) is 12.0. The highest BCUT2D eigenvalue weighted by molar-refractivity contribution is 6.30. The van der Waals surface area contributed by atoms with E-state index in [0.29, 0.717) is 10.7 Å². The largest absolute Gasteiger partial charge is 0.398 e. The van der Waals surface area contributed by atoms with Crippen LogP contribution in [0.5, 0.6) is 0 Å². The highest BCUT2D eigenvalue weighted by Gasteiger charge is 2.11. The second-order valence-corrected chi connectivity index (χ2v) is 5.16. The number of halogens is 1. The third-order valence-corrected chi connectivity index (χ3v) is 3.37. The van der Waals surface area contributed by atoms with Crippen LogP contribution in [0.4, 0.5) is 5.69 Å². The molecule has 0 radical (unpaired) electrons. The van der Waals surface area contributed by atoms with Crippen LogP contribution >= 0.6 is 11.6 Å². The normalized spacial score (nSPS) is 11.9. The highest BCUT2D eigenvalue weighted by atomic mass is 35.5. The fraction of sp³-hybridized carbons (Fsp3) is 0.188. The van der Waals surface area contributed by atoms with E-state index in [0.717, 1.165) is 11.1 Å². The van der Waals surface area contributed by atoms with E-state index in [2.05, 4.69) is 5.32 Å². The zero-order chi connectivity index (χ0) is 14.5. The van der Waals surface area contributed by atoms with Gasteiger partial charge in [0.25, 0.3) is 0 Å². The molecule has 0 aromatic heterocycles. The molecule has 0 bridgehead atoms. The fourth-order valence-corrected chi connectivity index (χ4v) is 2.22. The Hall–Kier alpha value is -2.00. The van der Waals surface area contributed by atoms with Crippen LogP contribution in [0.2, 0.25) is 5.02 Å². The molecule has 0 saturated carbocycles. The van der Waals surface area contributed by atoms with E-state index in [4.69, 9.17) is 17.3 Å². The number of para-hydroxylation sites is 1. The Bertz CT molecular complexity index is 613. The number of hydrogen-bond acceptors (Lipinski definition) is 2. The molecule has 2 rings (SSSR count). The second kappa shape index (κ2) is 6.44. The molecule has 3 N–H and O–H groups in total. The average molecular weight is 289 g/mol. The lowest BCUT2D eigenvalue weighted by atomic mass is 10.1. The molecule has 0 spiro atoms. The third kappa shape index (κ3) is 3.75. The van der Waals surface area contributed by atoms with Crippen molar-refractivity contribution in [2.75, 3.05) is 5.73 Å². The van der Waals surface area contributed by atoms with Gasteiger partial charge in [-0.15, -0.1) is 0 Å². The van der Waals surface area contributed by atoms with Crippen molar-refractivity contribution in [3.63, 3.8) is 0 Å². The van der Waals surface area contributed by atoms with E-state index in [1.807, 2.05) is 49.4 Å². The molecule has 1 atom stereocenters. The number of carbonyl (C=O) groups excluding carboxylic acids is 1. The Morgan fingerprint density at radius 2 is 2.00 bits per heavy atom. The van der Waals surface area contributed by atoms with Gasteiger partial charge in [0.2, 0.25) is 5.91 Å². The number of anilines is 1. The van der Waals surface area contributed by atoms with Gasteiger partial charge in [0.05, 0.1) is 12.5 Å². The molecule has 0 aliphatic heterocycles. The lowest BCUT2D eigenvalue weighted by molar-refractivity contribution is -0.121. The maximum absolute atomic E-state index is 12.0. The van der Waals surface area contributed by atoms with Crippen LogP contribution in [0.3, 0.4) is 0 Å². The first-order valence-electron chi connectivity index (χ1n) is 6.44. The topological polar surface area (TPSA) is 55.1 Å². The summed E-state index contributed by atoms with van der Waals surface area (Å²) in [5.74, 6) is -0.0598. The summed E-state index contributed by atoms with van der Waals surface area (Å²) in [6.45, 7) is 1.93. The lowest BCUT2D eigenvalue weighted by Crippen LogP contribution is -2.28. The van der Waals surface area contributed by atoms with Crippen molar-refractivity contribution in [3.8, 4) is 0 Å². The first-order valence-corrected chi connectivity index (χ1v) is 6.82. The predicted octanol–water partition coefficient (Wildman–Crippen LogP) is 3.34. The molecule has 0 aliphatic rings. The second-order valence-electron chi connectivity index (χ2n) is 4.72. The predicted molar refractivity (Wildman–Crippen MR) is 82.6 cm³/mol. The van der Waals surface area contributed by atoms with Crippen LogP contribution in [-0.4, -0.2) is 5.91 Å².